The predicted molar refractivity (Wildman–Crippen MR) is 67.7 cm³/mol. The Balaban J connectivity index is 2.10. The maximum absolute atomic E-state index is 13.4. The lowest BCUT2D eigenvalue weighted by Crippen LogP contribution is -2.30. The topological polar surface area (TPSA) is 121 Å². The van der Waals surface area contributed by atoms with Gasteiger partial charge >= 0.3 is 5.69 Å². The Labute approximate surface area is 117 Å². The van der Waals surface area contributed by atoms with Gasteiger partial charge < -0.3 is 9.15 Å². The van der Waals surface area contributed by atoms with Crippen molar-refractivity contribution in [2.24, 2.45) is 5.84 Å². The summed E-state index contributed by atoms with van der Waals surface area (Å²) in [6.07, 6.45) is 1.28. The number of ether oxygens (including phenoxy) is 1. The minimum absolute atomic E-state index is 0.0635. The van der Waals surface area contributed by atoms with Crippen molar-refractivity contribution < 1.29 is 23.3 Å². The summed E-state index contributed by atoms with van der Waals surface area (Å²) in [6.45, 7) is -0.160. The van der Waals surface area contributed by atoms with E-state index in [0.29, 0.717) is 0 Å². The fourth-order valence-electron chi connectivity index (χ4n) is 1.61. The number of carbonyl (C=O) groups is 1. The molecule has 110 valence electrons. The Bertz CT molecular complexity index is 685. The van der Waals surface area contributed by atoms with Crippen molar-refractivity contribution in [3.63, 3.8) is 0 Å². The number of carbonyl (C=O) groups excluding carboxylic acids is 1. The first-order chi connectivity index (χ1) is 10.0. The van der Waals surface area contributed by atoms with Crippen LogP contribution in [-0.2, 0) is 6.61 Å². The molecule has 1 aromatic carbocycles. The Morgan fingerprint density at radius 1 is 1.48 bits per heavy atom. The molecule has 0 spiro atoms. The number of nitro groups is 1. The zero-order valence-electron chi connectivity index (χ0n) is 10.5. The number of hydrogen-bond donors (Lipinski definition) is 2. The molecule has 2 rings (SSSR count). The van der Waals surface area contributed by atoms with E-state index < -0.39 is 22.3 Å². The van der Waals surface area contributed by atoms with E-state index in [1.807, 2.05) is 5.43 Å². The Hall–Kier alpha value is -2.94. The highest BCUT2D eigenvalue weighted by molar-refractivity contribution is 5.94. The van der Waals surface area contributed by atoms with Crippen LogP contribution in [0, 0.1) is 15.9 Å². The van der Waals surface area contributed by atoms with E-state index in [1.54, 1.807) is 0 Å². The second-order valence-corrected chi connectivity index (χ2v) is 3.89. The molecule has 3 N–H and O–H groups in total. The zero-order valence-corrected chi connectivity index (χ0v) is 10.5. The van der Waals surface area contributed by atoms with Crippen LogP contribution in [0.5, 0.6) is 5.75 Å². The quantitative estimate of drug-likeness (QED) is 0.373. The highest BCUT2D eigenvalue weighted by Crippen LogP contribution is 2.23. The molecular weight excluding hydrogens is 285 g/mol. The number of hydrazine groups is 1. The van der Waals surface area contributed by atoms with Crippen LogP contribution in [0.25, 0.3) is 0 Å². The zero-order chi connectivity index (χ0) is 15.4. The van der Waals surface area contributed by atoms with E-state index in [1.165, 1.54) is 18.4 Å². The lowest BCUT2D eigenvalue weighted by Gasteiger charge is -2.06. The summed E-state index contributed by atoms with van der Waals surface area (Å²) in [4.78, 5) is 21.0. The molecule has 0 aliphatic rings. The molecule has 1 heterocycles. The number of hydrogen-bond acceptors (Lipinski definition) is 6. The Kier molecular flexibility index (Phi) is 4.14. The van der Waals surface area contributed by atoms with E-state index in [0.717, 1.165) is 12.1 Å². The van der Waals surface area contributed by atoms with E-state index >= 15 is 0 Å². The van der Waals surface area contributed by atoms with Crippen molar-refractivity contribution in [3.05, 3.63) is 57.8 Å². The standard InChI is InChI=1S/C12H10FN3O5/c13-9-5-7(1-2-10(9)16(18)19)21-6-11-8(3-4-20-11)12(17)15-14/h1-5H,6,14H2,(H,15,17). The molecule has 0 fully saturated rings. The number of furan rings is 1. The van der Waals surface area contributed by atoms with E-state index in [2.05, 4.69) is 0 Å². The predicted octanol–water partition coefficient (Wildman–Crippen LogP) is 1.51. The van der Waals surface area contributed by atoms with E-state index in [9.17, 15) is 19.3 Å². The molecule has 1 aromatic heterocycles. The van der Waals surface area contributed by atoms with Gasteiger partial charge in [-0.25, -0.2) is 5.84 Å². The highest BCUT2D eigenvalue weighted by Gasteiger charge is 2.16. The number of nitrogens with zero attached hydrogens (tertiary/aromatic N) is 1. The van der Waals surface area contributed by atoms with Gasteiger partial charge in [0.1, 0.15) is 12.4 Å². The fourth-order valence-corrected chi connectivity index (χ4v) is 1.61. The van der Waals surface area contributed by atoms with Gasteiger partial charge in [-0.2, -0.15) is 4.39 Å². The molecule has 9 heteroatoms. The van der Waals surface area contributed by atoms with Crippen LogP contribution in [0.4, 0.5) is 10.1 Å². The van der Waals surface area contributed by atoms with Gasteiger partial charge in [0.2, 0.25) is 5.82 Å². The third kappa shape index (κ3) is 3.15. The van der Waals surface area contributed by atoms with Crippen molar-refractivity contribution in [2.45, 2.75) is 6.61 Å². The third-order valence-electron chi connectivity index (χ3n) is 2.61. The molecule has 0 unspecified atom stereocenters. The Morgan fingerprint density at radius 3 is 2.86 bits per heavy atom. The van der Waals surface area contributed by atoms with Gasteiger partial charge in [0.25, 0.3) is 5.91 Å². The highest BCUT2D eigenvalue weighted by atomic mass is 19.1. The molecule has 2 aromatic rings. The summed E-state index contributed by atoms with van der Waals surface area (Å²) in [6, 6.07) is 4.51. The Morgan fingerprint density at radius 2 is 2.24 bits per heavy atom. The SMILES string of the molecule is NNC(=O)c1ccoc1COc1ccc([N+](=O)[O-])c(F)c1. The van der Waals surface area contributed by atoms with Crippen molar-refractivity contribution in [1.82, 2.24) is 5.43 Å². The third-order valence-corrected chi connectivity index (χ3v) is 2.61. The summed E-state index contributed by atoms with van der Waals surface area (Å²) < 4.78 is 23.7. The molecule has 8 nitrogen and oxygen atoms in total. The minimum atomic E-state index is -1.02. The van der Waals surface area contributed by atoms with Crippen LogP contribution in [-0.4, -0.2) is 10.8 Å². The van der Waals surface area contributed by atoms with Crippen LogP contribution >= 0.6 is 0 Å². The second kappa shape index (κ2) is 6.01. The van der Waals surface area contributed by atoms with Crippen LogP contribution in [0.2, 0.25) is 0 Å². The summed E-state index contributed by atoms with van der Waals surface area (Å²) in [7, 11) is 0. The van der Waals surface area contributed by atoms with E-state index in [-0.39, 0.29) is 23.7 Å². The average Bonchev–Trinajstić information content (AvgIpc) is 2.92. The first kappa shape index (κ1) is 14.5. The maximum Gasteiger partial charge on any atom is 0.305 e. The van der Waals surface area contributed by atoms with Gasteiger partial charge in [-0.1, -0.05) is 0 Å². The monoisotopic (exact) mass is 295 g/mol. The molecule has 21 heavy (non-hydrogen) atoms. The summed E-state index contributed by atoms with van der Waals surface area (Å²) in [5.74, 6) is 3.69. The normalized spacial score (nSPS) is 10.2. The van der Waals surface area contributed by atoms with Gasteiger partial charge in [-0.3, -0.25) is 20.3 Å². The van der Waals surface area contributed by atoms with Crippen molar-refractivity contribution in [3.8, 4) is 5.75 Å². The molecule has 0 atom stereocenters. The van der Waals surface area contributed by atoms with E-state index in [4.69, 9.17) is 15.0 Å². The largest absolute Gasteiger partial charge is 0.486 e. The molecule has 0 saturated carbocycles. The summed E-state index contributed by atoms with van der Waals surface area (Å²) >= 11 is 0. The lowest BCUT2D eigenvalue weighted by molar-refractivity contribution is -0.387. The fraction of sp³-hybridized carbons (Fsp3) is 0.0833. The van der Waals surface area contributed by atoms with Gasteiger partial charge in [-0.05, 0) is 12.1 Å². The number of nitrogens with one attached hydrogen (secondary N) is 1. The van der Waals surface area contributed by atoms with Gasteiger partial charge in [0.05, 0.1) is 16.7 Å². The number of nitrogen functional groups attached to an aromatic ring is 1. The summed E-state index contributed by atoms with van der Waals surface area (Å²) in [5.41, 5.74) is 1.48. The van der Waals surface area contributed by atoms with Gasteiger partial charge in [0.15, 0.2) is 5.76 Å². The van der Waals surface area contributed by atoms with Crippen LogP contribution in [0.3, 0.4) is 0 Å². The number of amides is 1. The first-order valence-corrected chi connectivity index (χ1v) is 5.67. The molecular formula is C12H10FN3O5. The van der Waals surface area contributed by atoms with Crippen LogP contribution in [0.1, 0.15) is 16.1 Å². The number of benzene rings is 1. The number of nitro benzene ring substituents is 1. The van der Waals surface area contributed by atoms with Crippen LogP contribution < -0.4 is 16.0 Å². The van der Waals surface area contributed by atoms with Crippen LogP contribution in [0.15, 0.2) is 34.9 Å². The molecule has 0 aliphatic carbocycles. The minimum Gasteiger partial charge on any atom is -0.486 e. The maximum atomic E-state index is 13.4. The number of nitrogens with two attached hydrogens (primary N) is 1. The molecule has 0 aliphatic heterocycles. The molecule has 1 amide bonds. The average molecular weight is 295 g/mol. The lowest BCUT2D eigenvalue weighted by atomic mass is 10.2. The molecule has 0 bridgehead atoms. The van der Waals surface area contributed by atoms with Gasteiger partial charge in [-0.15, -0.1) is 0 Å². The van der Waals surface area contributed by atoms with Crippen molar-refractivity contribution >= 4 is 11.6 Å². The second-order valence-electron chi connectivity index (χ2n) is 3.89. The number of halogens is 1. The summed E-state index contributed by atoms with van der Waals surface area (Å²) in [5, 5.41) is 10.5. The van der Waals surface area contributed by atoms with Crippen molar-refractivity contribution in [2.75, 3.05) is 0 Å². The smallest absolute Gasteiger partial charge is 0.305 e. The van der Waals surface area contributed by atoms with Gasteiger partial charge in [0, 0.05) is 12.1 Å². The number of rotatable bonds is 5. The first-order valence-electron chi connectivity index (χ1n) is 5.67. The van der Waals surface area contributed by atoms with Crippen molar-refractivity contribution in [1.29, 1.82) is 0 Å². The molecule has 0 radical (unpaired) electrons. The molecule has 0 saturated heterocycles.